The molecule has 0 radical (unpaired) electrons. The van der Waals surface area contributed by atoms with Gasteiger partial charge in [0.2, 0.25) is 0 Å². The number of thioether (sulfide) groups is 1. The molecule has 8 heteroatoms. The van der Waals surface area contributed by atoms with Gasteiger partial charge in [0.15, 0.2) is 5.78 Å². The molecule has 3 aromatic heterocycles. The predicted octanol–water partition coefficient (Wildman–Crippen LogP) is 6.09. The molecular formula is C28H22F2N4OS. The van der Waals surface area contributed by atoms with E-state index in [0.29, 0.717) is 12.8 Å². The highest BCUT2D eigenvalue weighted by Gasteiger charge is 2.49. The van der Waals surface area contributed by atoms with Crippen molar-refractivity contribution in [3.05, 3.63) is 107 Å². The molecule has 1 saturated carbocycles. The van der Waals surface area contributed by atoms with Crippen molar-refractivity contribution < 1.29 is 13.6 Å². The molecule has 2 atom stereocenters. The summed E-state index contributed by atoms with van der Waals surface area (Å²) in [5, 5.41) is 5.69. The topological polar surface area (TPSA) is 60.7 Å². The Morgan fingerprint density at radius 1 is 1.00 bits per heavy atom. The van der Waals surface area contributed by atoms with Gasteiger partial charge in [0, 0.05) is 11.4 Å². The summed E-state index contributed by atoms with van der Waals surface area (Å²) >= 11 is 1.69. The molecule has 2 aliphatic rings. The molecule has 0 unspecified atom stereocenters. The monoisotopic (exact) mass is 500 g/mol. The van der Waals surface area contributed by atoms with Gasteiger partial charge in [-0.25, -0.2) is 18.4 Å². The molecule has 0 saturated heterocycles. The van der Waals surface area contributed by atoms with E-state index in [9.17, 15) is 13.6 Å². The Balaban J connectivity index is 1.41. The summed E-state index contributed by atoms with van der Waals surface area (Å²) in [4.78, 5) is 22.7. The van der Waals surface area contributed by atoms with Crippen LogP contribution in [0.1, 0.15) is 41.0 Å². The molecule has 1 aromatic carbocycles. The summed E-state index contributed by atoms with van der Waals surface area (Å²) in [5.41, 5.74) is 3.12. The number of fused-ring (bicyclic) bond motifs is 2. The number of pyridine rings is 2. The van der Waals surface area contributed by atoms with Gasteiger partial charge in [0.05, 0.1) is 34.2 Å². The lowest BCUT2D eigenvalue weighted by Crippen LogP contribution is -2.43. The number of carbonyl (C=O) groups excluding carboxylic acids is 1. The fourth-order valence-corrected chi connectivity index (χ4v) is 6.52. The van der Waals surface area contributed by atoms with Gasteiger partial charge in [-0.2, -0.15) is 5.10 Å². The molecule has 180 valence electrons. The molecule has 36 heavy (non-hydrogen) atoms. The lowest BCUT2D eigenvalue weighted by Gasteiger charge is -2.43. The Hall–Kier alpha value is -3.65. The van der Waals surface area contributed by atoms with E-state index in [-0.39, 0.29) is 22.5 Å². The van der Waals surface area contributed by atoms with E-state index in [1.54, 1.807) is 41.0 Å². The van der Waals surface area contributed by atoms with Crippen molar-refractivity contribution in [2.75, 3.05) is 0 Å². The first kappa shape index (κ1) is 22.8. The van der Waals surface area contributed by atoms with Gasteiger partial charge in [0.25, 0.3) is 0 Å². The van der Waals surface area contributed by atoms with Gasteiger partial charge in [-0.3, -0.25) is 9.78 Å². The van der Waals surface area contributed by atoms with E-state index in [4.69, 9.17) is 0 Å². The van der Waals surface area contributed by atoms with Crippen molar-refractivity contribution in [3.63, 3.8) is 0 Å². The maximum absolute atomic E-state index is 14.1. The zero-order valence-corrected chi connectivity index (χ0v) is 20.1. The van der Waals surface area contributed by atoms with E-state index in [2.05, 4.69) is 21.1 Å². The number of halogens is 2. The Morgan fingerprint density at radius 2 is 1.83 bits per heavy atom. The van der Waals surface area contributed by atoms with Gasteiger partial charge >= 0.3 is 0 Å². The average Bonchev–Trinajstić information content (AvgIpc) is 3.30. The summed E-state index contributed by atoms with van der Waals surface area (Å²) in [5.74, 6) is -0.878. The number of rotatable bonds is 5. The van der Waals surface area contributed by atoms with E-state index >= 15 is 0 Å². The fourth-order valence-electron chi connectivity index (χ4n) is 5.30. The molecule has 0 bridgehead atoms. The molecule has 6 rings (SSSR count). The molecule has 4 aromatic rings. The highest BCUT2D eigenvalue weighted by molar-refractivity contribution is 7.99. The summed E-state index contributed by atoms with van der Waals surface area (Å²) in [7, 11) is 0. The van der Waals surface area contributed by atoms with Crippen molar-refractivity contribution in [2.45, 2.75) is 36.0 Å². The van der Waals surface area contributed by atoms with Crippen LogP contribution in [0.15, 0.2) is 83.8 Å². The Morgan fingerprint density at radius 3 is 2.58 bits per heavy atom. The third kappa shape index (κ3) is 4.05. The van der Waals surface area contributed by atoms with Crippen LogP contribution >= 0.6 is 11.8 Å². The summed E-state index contributed by atoms with van der Waals surface area (Å²) in [6.45, 7) is 0. The van der Waals surface area contributed by atoms with Gasteiger partial charge in [0.1, 0.15) is 17.3 Å². The van der Waals surface area contributed by atoms with E-state index in [0.717, 1.165) is 46.6 Å². The van der Waals surface area contributed by atoms with Gasteiger partial charge in [-0.15, -0.1) is 11.8 Å². The fraction of sp³-hybridized carbons (Fsp3) is 0.214. The minimum Gasteiger partial charge on any atom is -0.291 e. The lowest BCUT2D eigenvalue weighted by molar-refractivity contribution is 0.0798. The minimum absolute atomic E-state index is 0.0970. The first-order valence-electron chi connectivity index (χ1n) is 11.8. The minimum atomic E-state index is -0.792. The third-order valence-corrected chi connectivity index (χ3v) is 8.23. The van der Waals surface area contributed by atoms with Crippen LogP contribution in [0.5, 0.6) is 0 Å². The zero-order chi connectivity index (χ0) is 24.7. The summed E-state index contributed by atoms with van der Waals surface area (Å²) in [6, 6.07) is 14.8. The number of allylic oxidation sites excluding steroid dienone is 1. The van der Waals surface area contributed by atoms with Gasteiger partial charge in [-0.1, -0.05) is 11.6 Å². The van der Waals surface area contributed by atoms with E-state index in [1.807, 2.05) is 18.2 Å². The molecular weight excluding hydrogens is 478 g/mol. The number of hydrogen-bond donors (Lipinski definition) is 0. The maximum atomic E-state index is 14.1. The van der Waals surface area contributed by atoms with E-state index < -0.39 is 11.2 Å². The summed E-state index contributed by atoms with van der Waals surface area (Å²) in [6.07, 6.45) is 9.47. The van der Waals surface area contributed by atoms with Crippen molar-refractivity contribution in [1.29, 1.82) is 0 Å². The number of hydrogen-bond acceptors (Lipinski definition) is 5. The number of benzene rings is 1. The number of nitrogens with zero attached hydrogens (tertiary/aromatic N) is 4. The van der Waals surface area contributed by atoms with Crippen molar-refractivity contribution >= 4 is 23.6 Å². The molecule has 0 spiro atoms. The second-order valence-corrected chi connectivity index (χ2v) is 10.5. The molecule has 3 heterocycles. The zero-order valence-electron chi connectivity index (χ0n) is 19.3. The predicted molar refractivity (Wildman–Crippen MR) is 134 cm³/mol. The number of Topliss-reactive ketones (excluding diaryl/α,β-unsaturated/α-hetero) is 1. The number of aromatic nitrogens is 4. The van der Waals surface area contributed by atoms with Crippen LogP contribution in [0.3, 0.4) is 0 Å². The van der Waals surface area contributed by atoms with Crippen LogP contribution in [-0.4, -0.2) is 30.8 Å². The molecule has 0 aliphatic heterocycles. The molecule has 0 N–H and O–H groups in total. The van der Waals surface area contributed by atoms with Gasteiger partial charge < -0.3 is 0 Å². The Labute approximate surface area is 211 Å². The number of ketones is 1. The maximum Gasteiger partial charge on any atom is 0.191 e. The molecule has 0 amide bonds. The van der Waals surface area contributed by atoms with Crippen LogP contribution in [-0.2, 0) is 6.42 Å². The second kappa shape index (κ2) is 9.09. The molecule has 2 aliphatic carbocycles. The highest BCUT2D eigenvalue weighted by atomic mass is 32.2. The Bertz CT molecular complexity index is 1450. The quantitative estimate of drug-likeness (QED) is 0.310. The second-order valence-electron chi connectivity index (χ2n) is 9.21. The van der Waals surface area contributed by atoms with Crippen LogP contribution in [0.25, 0.3) is 11.8 Å². The van der Waals surface area contributed by atoms with Crippen LogP contribution < -0.4 is 0 Å². The standard InChI is InChI=1S/C28H22F2N4OS/c29-20-5-8-22(9-6-20)34-25-13-19-4-10-23(36-26-3-1-2-12-31-26)15-28(19,14-18(25)16-33-34)27(35)24-11-7-21(30)17-32-24/h1-3,5-9,11-13,16-17,23H,4,10,14-15H2/t23-,28-/m0/s1. The number of carbonyl (C=O) groups is 1. The highest BCUT2D eigenvalue weighted by Crippen LogP contribution is 2.52. The Kier molecular flexibility index (Phi) is 5.76. The first-order chi connectivity index (χ1) is 17.5. The van der Waals surface area contributed by atoms with Crippen molar-refractivity contribution in [1.82, 2.24) is 19.7 Å². The smallest absolute Gasteiger partial charge is 0.191 e. The first-order valence-corrected chi connectivity index (χ1v) is 12.7. The lowest BCUT2D eigenvalue weighted by atomic mass is 9.61. The van der Waals surface area contributed by atoms with Crippen LogP contribution in [0.4, 0.5) is 8.78 Å². The van der Waals surface area contributed by atoms with Gasteiger partial charge in [-0.05, 0) is 85.9 Å². The average molecular weight is 501 g/mol. The summed E-state index contributed by atoms with van der Waals surface area (Å²) < 4.78 is 28.9. The van der Waals surface area contributed by atoms with Crippen LogP contribution in [0.2, 0.25) is 0 Å². The third-order valence-electron chi connectivity index (χ3n) is 7.01. The SMILES string of the molecule is O=C(c1ccc(F)cn1)[C@]12Cc3cnn(-c4ccc(F)cc4)c3C=C1CC[C@H](Sc1ccccn1)C2. The van der Waals surface area contributed by atoms with Crippen LogP contribution in [0, 0.1) is 17.0 Å². The van der Waals surface area contributed by atoms with Crippen molar-refractivity contribution in [2.24, 2.45) is 5.41 Å². The van der Waals surface area contributed by atoms with Crippen molar-refractivity contribution in [3.8, 4) is 5.69 Å². The van der Waals surface area contributed by atoms with E-state index in [1.165, 1.54) is 24.3 Å². The normalized spacial score (nSPS) is 20.8. The molecule has 5 nitrogen and oxygen atoms in total. The molecule has 1 fully saturated rings. The largest absolute Gasteiger partial charge is 0.291 e.